The number of piperazine rings is 1. The summed E-state index contributed by atoms with van der Waals surface area (Å²) in [7, 11) is 0. The fraction of sp³-hybridized carbons (Fsp3) is 0.700. The van der Waals surface area contributed by atoms with Gasteiger partial charge >= 0.3 is 0 Å². The molecule has 0 aromatic carbocycles. The second kappa shape index (κ2) is 7.99. The molecule has 7 heteroatoms. The molecule has 1 aliphatic heterocycles. The molecule has 2 aromatic rings. The van der Waals surface area contributed by atoms with Crippen LogP contribution in [0, 0.1) is 19.8 Å². The van der Waals surface area contributed by atoms with Gasteiger partial charge in [0.25, 0.3) is 0 Å². The molecule has 148 valence electrons. The summed E-state index contributed by atoms with van der Waals surface area (Å²) in [4.78, 5) is 17.1. The molecule has 0 radical (unpaired) electrons. The molecule has 0 bridgehead atoms. The van der Waals surface area contributed by atoms with Gasteiger partial charge in [0.1, 0.15) is 16.5 Å². The molecular formula is C20H31N5OS. The van der Waals surface area contributed by atoms with Gasteiger partial charge in [0, 0.05) is 50.1 Å². The van der Waals surface area contributed by atoms with E-state index in [1.807, 2.05) is 0 Å². The molecule has 0 spiro atoms. The van der Waals surface area contributed by atoms with Gasteiger partial charge in [0.2, 0.25) is 0 Å². The zero-order valence-electron chi connectivity index (χ0n) is 16.4. The topological polar surface area (TPSA) is 78.5 Å². The molecule has 1 atom stereocenters. The first-order chi connectivity index (χ1) is 13.1. The van der Waals surface area contributed by atoms with Crippen LogP contribution in [0.4, 0.5) is 5.82 Å². The Bertz CT molecular complexity index is 803. The SMILES string of the molecule is Cc1sc2nc(CCN)nc(N3CCN(CC4CC4)[C@@H](CCO)C3)c2c1C. The number of aliphatic hydroxyl groups is 1. The van der Waals surface area contributed by atoms with Gasteiger partial charge in [-0.15, -0.1) is 11.3 Å². The number of anilines is 1. The van der Waals surface area contributed by atoms with Gasteiger partial charge in [0.15, 0.2) is 0 Å². The van der Waals surface area contributed by atoms with E-state index in [0.717, 1.165) is 48.4 Å². The van der Waals surface area contributed by atoms with Crippen LogP contribution in [0.25, 0.3) is 10.2 Å². The Balaban J connectivity index is 1.65. The highest BCUT2D eigenvalue weighted by molar-refractivity contribution is 7.18. The van der Waals surface area contributed by atoms with Crippen molar-refractivity contribution in [3.8, 4) is 0 Å². The van der Waals surface area contributed by atoms with E-state index < -0.39 is 0 Å². The van der Waals surface area contributed by atoms with Crippen molar-refractivity contribution in [3.63, 3.8) is 0 Å². The summed E-state index contributed by atoms with van der Waals surface area (Å²) in [5.41, 5.74) is 7.07. The fourth-order valence-corrected chi connectivity index (χ4v) is 5.16. The van der Waals surface area contributed by atoms with Gasteiger partial charge in [-0.05, 0) is 51.1 Å². The van der Waals surface area contributed by atoms with E-state index in [2.05, 4.69) is 23.6 Å². The van der Waals surface area contributed by atoms with Crippen molar-refractivity contribution in [2.45, 2.75) is 45.6 Å². The number of hydrogen-bond acceptors (Lipinski definition) is 7. The van der Waals surface area contributed by atoms with Gasteiger partial charge in [-0.3, -0.25) is 4.90 Å². The number of aryl methyl sites for hydroxylation is 2. The molecule has 1 saturated heterocycles. The number of fused-ring (bicyclic) bond motifs is 1. The van der Waals surface area contributed by atoms with Gasteiger partial charge in [-0.25, -0.2) is 9.97 Å². The maximum absolute atomic E-state index is 9.59. The summed E-state index contributed by atoms with van der Waals surface area (Å²) in [5.74, 6) is 2.79. The van der Waals surface area contributed by atoms with Crippen LogP contribution in [0.1, 0.15) is 35.5 Å². The monoisotopic (exact) mass is 389 g/mol. The van der Waals surface area contributed by atoms with Crippen LogP contribution in [0.2, 0.25) is 0 Å². The molecule has 3 N–H and O–H groups in total. The Morgan fingerprint density at radius 3 is 2.74 bits per heavy atom. The molecule has 6 nitrogen and oxygen atoms in total. The van der Waals surface area contributed by atoms with E-state index in [1.165, 1.54) is 35.2 Å². The van der Waals surface area contributed by atoms with Crippen molar-refractivity contribution in [2.24, 2.45) is 11.7 Å². The van der Waals surface area contributed by atoms with Crippen molar-refractivity contribution in [1.29, 1.82) is 0 Å². The maximum atomic E-state index is 9.59. The van der Waals surface area contributed by atoms with E-state index in [1.54, 1.807) is 11.3 Å². The third-order valence-corrected chi connectivity index (χ3v) is 7.08. The highest BCUT2D eigenvalue weighted by Crippen LogP contribution is 2.37. The van der Waals surface area contributed by atoms with E-state index in [-0.39, 0.29) is 6.61 Å². The Hall–Kier alpha value is -1.28. The second-order valence-electron chi connectivity index (χ2n) is 8.02. The number of hydrogen-bond donors (Lipinski definition) is 2. The minimum Gasteiger partial charge on any atom is -0.396 e. The first-order valence-electron chi connectivity index (χ1n) is 10.2. The zero-order chi connectivity index (χ0) is 19.0. The third kappa shape index (κ3) is 3.97. The number of nitrogens with two attached hydrogens (primary N) is 1. The van der Waals surface area contributed by atoms with Crippen LogP contribution in [0.5, 0.6) is 0 Å². The van der Waals surface area contributed by atoms with Gasteiger partial charge in [-0.2, -0.15) is 0 Å². The zero-order valence-corrected chi connectivity index (χ0v) is 17.3. The van der Waals surface area contributed by atoms with Gasteiger partial charge < -0.3 is 15.7 Å². The summed E-state index contributed by atoms with van der Waals surface area (Å²) < 4.78 is 0. The number of aromatic nitrogens is 2. The third-order valence-electron chi connectivity index (χ3n) is 5.98. The summed E-state index contributed by atoms with van der Waals surface area (Å²) >= 11 is 1.76. The molecule has 27 heavy (non-hydrogen) atoms. The van der Waals surface area contributed by atoms with Crippen molar-refractivity contribution in [2.75, 3.05) is 44.2 Å². The Kier molecular flexibility index (Phi) is 5.64. The van der Waals surface area contributed by atoms with Crippen LogP contribution >= 0.6 is 11.3 Å². The maximum Gasteiger partial charge on any atom is 0.141 e. The average Bonchev–Trinajstić information content (AvgIpc) is 3.42. The van der Waals surface area contributed by atoms with E-state index in [9.17, 15) is 5.11 Å². The highest BCUT2D eigenvalue weighted by atomic mass is 32.1. The fourth-order valence-electron chi connectivity index (χ4n) is 4.12. The quantitative estimate of drug-likeness (QED) is 0.755. The lowest BCUT2D eigenvalue weighted by Gasteiger charge is -2.42. The van der Waals surface area contributed by atoms with Crippen LogP contribution in [-0.2, 0) is 6.42 Å². The smallest absolute Gasteiger partial charge is 0.141 e. The minimum absolute atomic E-state index is 0.244. The first-order valence-corrected chi connectivity index (χ1v) is 11.0. The minimum atomic E-state index is 0.244. The molecule has 0 unspecified atom stereocenters. The molecule has 3 heterocycles. The molecule has 1 saturated carbocycles. The molecule has 2 fully saturated rings. The number of nitrogens with zero attached hydrogens (tertiary/aromatic N) is 4. The lowest BCUT2D eigenvalue weighted by Crippen LogP contribution is -2.54. The highest BCUT2D eigenvalue weighted by Gasteiger charge is 2.33. The number of rotatable bonds is 7. The molecule has 2 aliphatic rings. The van der Waals surface area contributed by atoms with Crippen molar-refractivity contribution < 1.29 is 5.11 Å². The predicted molar refractivity (Wildman–Crippen MR) is 112 cm³/mol. The lowest BCUT2D eigenvalue weighted by molar-refractivity contribution is 0.137. The molecule has 0 amide bonds. The van der Waals surface area contributed by atoms with E-state index in [4.69, 9.17) is 15.7 Å². The lowest BCUT2D eigenvalue weighted by atomic mass is 10.1. The first kappa shape index (κ1) is 19.1. The summed E-state index contributed by atoms with van der Waals surface area (Å²) in [6.45, 7) is 9.29. The number of aliphatic hydroxyl groups excluding tert-OH is 1. The van der Waals surface area contributed by atoms with Gasteiger partial charge in [-0.1, -0.05) is 0 Å². The van der Waals surface area contributed by atoms with Crippen molar-refractivity contribution in [3.05, 3.63) is 16.3 Å². The largest absolute Gasteiger partial charge is 0.396 e. The number of thiophene rings is 1. The van der Waals surface area contributed by atoms with Crippen molar-refractivity contribution >= 4 is 27.4 Å². The van der Waals surface area contributed by atoms with Crippen LogP contribution in [-0.4, -0.2) is 65.3 Å². The second-order valence-corrected chi connectivity index (χ2v) is 9.22. The van der Waals surface area contributed by atoms with Crippen LogP contribution < -0.4 is 10.6 Å². The standard InChI is InChI=1S/C20H31N5OS/c1-13-14(2)27-20-18(13)19(22-17(23-20)5-7-21)25-9-8-24(11-15-3-4-15)16(12-25)6-10-26/h15-16,26H,3-12,21H2,1-2H3/t16-/m0/s1. The van der Waals surface area contributed by atoms with Crippen LogP contribution in [0.3, 0.4) is 0 Å². The van der Waals surface area contributed by atoms with E-state index in [0.29, 0.717) is 19.0 Å². The van der Waals surface area contributed by atoms with Crippen LogP contribution in [0.15, 0.2) is 0 Å². The Labute approximate surface area is 165 Å². The summed E-state index contributed by atoms with van der Waals surface area (Å²) in [6.07, 6.45) is 4.28. The summed E-state index contributed by atoms with van der Waals surface area (Å²) in [5, 5.41) is 10.8. The summed E-state index contributed by atoms with van der Waals surface area (Å²) in [6, 6.07) is 0.396. The molecular weight excluding hydrogens is 358 g/mol. The Morgan fingerprint density at radius 2 is 2.04 bits per heavy atom. The van der Waals surface area contributed by atoms with Crippen molar-refractivity contribution in [1.82, 2.24) is 14.9 Å². The van der Waals surface area contributed by atoms with E-state index >= 15 is 0 Å². The molecule has 2 aromatic heterocycles. The normalized spacial score (nSPS) is 21.3. The predicted octanol–water partition coefficient (Wildman–Crippen LogP) is 2.09. The average molecular weight is 390 g/mol. The molecule has 1 aliphatic carbocycles. The van der Waals surface area contributed by atoms with Gasteiger partial charge in [0.05, 0.1) is 5.39 Å². The molecule has 4 rings (SSSR count). The Morgan fingerprint density at radius 1 is 1.22 bits per heavy atom.